The lowest BCUT2D eigenvalue weighted by Gasteiger charge is -2.23. The molecule has 0 aromatic heterocycles. The molecule has 110 valence electrons. The fourth-order valence-corrected chi connectivity index (χ4v) is 1.81. The van der Waals surface area contributed by atoms with Crippen molar-refractivity contribution in [3.05, 3.63) is 23.8 Å². The van der Waals surface area contributed by atoms with Crippen molar-refractivity contribution in [3.63, 3.8) is 0 Å². The van der Waals surface area contributed by atoms with Crippen LogP contribution in [0.4, 0.5) is 0 Å². The Bertz CT molecular complexity index is 504. The molecule has 0 fully saturated rings. The number of carbonyl (C=O) groups excluding carboxylic acids is 2. The summed E-state index contributed by atoms with van der Waals surface area (Å²) < 4.78 is 0. The zero-order valence-electron chi connectivity index (χ0n) is 11.2. The summed E-state index contributed by atoms with van der Waals surface area (Å²) in [6.45, 7) is 1.88. The molecular formula is C13H19N3O4. The van der Waals surface area contributed by atoms with Crippen molar-refractivity contribution in [1.82, 2.24) is 4.90 Å². The molecule has 0 radical (unpaired) electrons. The molecule has 0 aliphatic heterocycles. The largest absolute Gasteiger partial charge is 0.504 e. The summed E-state index contributed by atoms with van der Waals surface area (Å²) >= 11 is 0. The molecule has 0 saturated carbocycles. The molecule has 0 unspecified atom stereocenters. The van der Waals surface area contributed by atoms with Gasteiger partial charge in [0.2, 0.25) is 11.8 Å². The number of primary amides is 1. The highest BCUT2D eigenvalue weighted by Gasteiger charge is 2.21. The third-order valence-electron chi connectivity index (χ3n) is 2.85. The number of hydrogen-bond donors (Lipinski definition) is 4. The second-order valence-electron chi connectivity index (χ2n) is 4.45. The molecule has 7 nitrogen and oxygen atoms in total. The number of aromatic hydroxyl groups is 2. The molecule has 1 aromatic rings. The molecule has 0 bridgehead atoms. The molecular weight excluding hydrogens is 262 g/mol. The molecule has 1 atom stereocenters. The molecule has 2 amide bonds. The minimum Gasteiger partial charge on any atom is -0.504 e. The molecule has 0 spiro atoms. The fourth-order valence-electron chi connectivity index (χ4n) is 1.81. The number of hydrogen-bond acceptors (Lipinski definition) is 5. The summed E-state index contributed by atoms with van der Waals surface area (Å²) in [6.07, 6.45) is 0.182. The molecule has 6 N–H and O–H groups in total. The number of likely N-dealkylation sites (N-methyl/N-ethyl adjacent to an activating group) is 1. The van der Waals surface area contributed by atoms with Gasteiger partial charge in [0.1, 0.15) is 0 Å². The fraction of sp³-hybridized carbons (Fsp3) is 0.385. The summed E-state index contributed by atoms with van der Waals surface area (Å²) in [5.41, 5.74) is 11.5. The third kappa shape index (κ3) is 4.13. The van der Waals surface area contributed by atoms with Crippen LogP contribution in [0.5, 0.6) is 11.5 Å². The highest BCUT2D eigenvalue weighted by atomic mass is 16.3. The van der Waals surface area contributed by atoms with Gasteiger partial charge in [0.15, 0.2) is 11.5 Å². The van der Waals surface area contributed by atoms with Crippen molar-refractivity contribution >= 4 is 11.8 Å². The smallest absolute Gasteiger partial charge is 0.240 e. The topological polar surface area (TPSA) is 130 Å². The Kier molecular flexibility index (Phi) is 5.33. The maximum atomic E-state index is 12.0. The molecule has 0 aliphatic carbocycles. The third-order valence-corrected chi connectivity index (χ3v) is 2.85. The van der Waals surface area contributed by atoms with Gasteiger partial charge in [-0.2, -0.15) is 0 Å². The number of nitrogens with zero attached hydrogens (tertiary/aromatic N) is 1. The lowest BCUT2D eigenvalue weighted by molar-refractivity contribution is -0.136. The summed E-state index contributed by atoms with van der Waals surface area (Å²) in [6, 6.07) is 3.38. The van der Waals surface area contributed by atoms with Crippen LogP contribution in [-0.4, -0.2) is 46.1 Å². The lowest BCUT2D eigenvalue weighted by Crippen LogP contribution is -2.47. The van der Waals surface area contributed by atoms with Gasteiger partial charge in [-0.3, -0.25) is 9.59 Å². The first-order valence-electron chi connectivity index (χ1n) is 6.18. The van der Waals surface area contributed by atoms with E-state index >= 15 is 0 Å². The Labute approximate surface area is 116 Å². The second-order valence-corrected chi connectivity index (χ2v) is 4.45. The standard InChI is InChI=1S/C13H19N3O4/c1-2-16(7-12(15)19)13(20)9(14)5-8-3-4-10(17)11(18)6-8/h3-4,6,9,17-18H,2,5,7,14H2,1H3,(H2,15,19)/t9-/m0/s1. The Balaban J connectivity index is 2.73. The maximum Gasteiger partial charge on any atom is 0.240 e. The predicted octanol–water partition coefficient (Wildman–Crippen LogP) is -0.699. The minimum absolute atomic E-state index is 0.177. The van der Waals surface area contributed by atoms with Gasteiger partial charge in [-0.1, -0.05) is 6.07 Å². The van der Waals surface area contributed by atoms with E-state index in [0.717, 1.165) is 0 Å². The lowest BCUT2D eigenvalue weighted by atomic mass is 10.0. The van der Waals surface area contributed by atoms with E-state index in [1.54, 1.807) is 13.0 Å². The molecule has 1 aromatic carbocycles. The van der Waals surface area contributed by atoms with Crippen LogP contribution >= 0.6 is 0 Å². The molecule has 0 heterocycles. The van der Waals surface area contributed by atoms with Crippen LogP contribution in [0.1, 0.15) is 12.5 Å². The Morgan fingerprint density at radius 1 is 1.30 bits per heavy atom. The van der Waals surface area contributed by atoms with Gasteiger partial charge in [0.05, 0.1) is 12.6 Å². The van der Waals surface area contributed by atoms with E-state index in [-0.39, 0.29) is 30.4 Å². The van der Waals surface area contributed by atoms with Gasteiger partial charge >= 0.3 is 0 Å². The number of phenols is 2. The van der Waals surface area contributed by atoms with Crippen LogP contribution in [0, 0.1) is 0 Å². The van der Waals surface area contributed by atoms with Gasteiger partial charge in [0, 0.05) is 6.54 Å². The van der Waals surface area contributed by atoms with Crippen molar-refractivity contribution in [2.45, 2.75) is 19.4 Å². The van der Waals surface area contributed by atoms with Crippen LogP contribution in [-0.2, 0) is 16.0 Å². The number of rotatable bonds is 6. The first-order chi connectivity index (χ1) is 9.35. The first-order valence-corrected chi connectivity index (χ1v) is 6.18. The van der Waals surface area contributed by atoms with Crippen LogP contribution in [0.2, 0.25) is 0 Å². The SMILES string of the molecule is CCN(CC(N)=O)C(=O)[C@@H](N)Cc1ccc(O)c(O)c1. The van der Waals surface area contributed by atoms with Gasteiger partial charge < -0.3 is 26.6 Å². The maximum absolute atomic E-state index is 12.0. The monoisotopic (exact) mass is 281 g/mol. The average Bonchev–Trinajstić information content (AvgIpc) is 2.39. The zero-order chi connectivity index (χ0) is 15.3. The highest BCUT2D eigenvalue weighted by molar-refractivity contribution is 5.87. The number of carbonyl (C=O) groups is 2. The van der Waals surface area contributed by atoms with Crippen LogP contribution < -0.4 is 11.5 Å². The van der Waals surface area contributed by atoms with Gasteiger partial charge in [-0.05, 0) is 31.0 Å². The summed E-state index contributed by atoms with van der Waals surface area (Å²) in [7, 11) is 0. The van der Waals surface area contributed by atoms with E-state index < -0.39 is 11.9 Å². The quantitative estimate of drug-likeness (QED) is 0.512. The Morgan fingerprint density at radius 3 is 2.45 bits per heavy atom. The molecule has 7 heteroatoms. The van der Waals surface area contributed by atoms with Gasteiger partial charge in [-0.15, -0.1) is 0 Å². The first kappa shape index (κ1) is 15.8. The minimum atomic E-state index is -0.849. The molecule has 0 saturated heterocycles. The summed E-state index contributed by atoms with van der Waals surface area (Å²) in [5.74, 6) is -1.50. The van der Waals surface area contributed by atoms with Gasteiger partial charge in [-0.25, -0.2) is 0 Å². The normalized spacial score (nSPS) is 11.9. The highest BCUT2D eigenvalue weighted by Crippen LogP contribution is 2.25. The predicted molar refractivity (Wildman–Crippen MR) is 72.9 cm³/mol. The van der Waals surface area contributed by atoms with E-state index in [1.807, 2.05) is 0 Å². The van der Waals surface area contributed by atoms with Gasteiger partial charge in [0.25, 0.3) is 0 Å². The van der Waals surface area contributed by atoms with Crippen molar-refractivity contribution < 1.29 is 19.8 Å². The van der Waals surface area contributed by atoms with Crippen LogP contribution in [0.15, 0.2) is 18.2 Å². The van der Waals surface area contributed by atoms with Crippen LogP contribution in [0.3, 0.4) is 0 Å². The Morgan fingerprint density at radius 2 is 1.95 bits per heavy atom. The Hall–Kier alpha value is -2.28. The van der Waals surface area contributed by atoms with Crippen molar-refractivity contribution in [3.8, 4) is 11.5 Å². The average molecular weight is 281 g/mol. The van der Waals surface area contributed by atoms with E-state index in [1.165, 1.54) is 17.0 Å². The van der Waals surface area contributed by atoms with E-state index in [2.05, 4.69) is 0 Å². The number of benzene rings is 1. The second kappa shape index (κ2) is 6.76. The van der Waals surface area contributed by atoms with E-state index in [4.69, 9.17) is 11.5 Å². The van der Waals surface area contributed by atoms with E-state index in [9.17, 15) is 19.8 Å². The molecule has 1 rings (SSSR count). The van der Waals surface area contributed by atoms with E-state index in [0.29, 0.717) is 12.1 Å². The zero-order valence-corrected chi connectivity index (χ0v) is 11.2. The molecule has 0 aliphatic rings. The number of phenolic OH excluding ortho intramolecular Hbond substituents is 2. The number of nitrogens with two attached hydrogens (primary N) is 2. The number of amides is 2. The molecule has 20 heavy (non-hydrogen) atoms. The summed E-state index contributed by atoms with van der Waals surface area (Å²) in [5, 5.41) is 18.6. The van der Waals surface area contributed by atoms with Crippen molar-refractivity contribution in [1.29, 1.82) is 0 Å². The van der Waals surface area contributed by atoms with Crippen molar-refractivity contribution in [2.75, 3.05) is 13.1 Å². The van der Waals surface area contributed by atoms with Crippen molar-refractivity contribution in [2.24, 2.45) is 11.5 Å². The van der Waals surface area contributed by atoms with Crippen LogP contribution in [0.25, 0.3) is 0 Å². The summed E-state index contributed by atoms with van der Waals surface area (Å²) in [4.78, 5) is 24.2.